The number of amides is 2. The van der Waals surface area contributed by atoms with Crippen LogP contribution < -0.4 is 16.4 Å². The largest absolute Gasteiger partial charge is 0.490 e. The molecule has 0 saturated heterocycles. The standard InChI is InChI=1S/C9H15N3O6.C2HF3O2/c10-7(8(17)11-3-1-5(13)14)9(18)12-4-2-6(15)16;3-2(4,5)1(6)7/h7H,1-4,10H2,(H,11,17)(H,12,18)(H,13,14)(H,15,16);(H,6,7). The van der Waals surface area contributed by atoms with E-state index in [-0.39, 0.29) is 25.9 Å². The van der Waals surface area contributed by atoms with E-state index >= 15 is 0 Å². The summed E-state index contributed by atoms with van der Waals surface area (Å²) in [6.45, 7) is -0.269. The fourth-order valence-corrected chi connectivity index (χ4v) is 0.924. The maximum atomic E-state index is 11.3. The maximum Gasteiger partial charge on any atom is 0.490 e. The van der Waals surface area contributed by atoms with E-state index in [1.54, 1.807) is 0 Å². The van der Waals surface area contributed by atoms with Crippen molar-refractivity contribution in [1.82, 2.24) is 10.6 Å². The Kier molecular flexibility index (Phi) is 11.3. The zero-order valence-corrected chi connectivity index (χ0v) is 12.5. The van der Waals surface area contributed by atoms with E-state index in [1.807, 2.05) is 0 Å². The van der Waals surface area contributed by atoms with Gasteiger partial charge in [0.25, 0.3) is 0 Å². The molecule has 0 aliphatic rings. The highest BCUT2D eigenvalue weighted by Crippen LogP contribution is 2.13. The van der Waals surface area contributed by atoms with Crippen molar-refractivity contribution in [3.63, 3.8) is 0 Å². The topological polar surface area (TPSA) is 196 Å². The minimum Gasteiger partial charge on any atom is -0.481 e. The van der Waals surface area contributed by atoms with Gasteiger partial charge in [0.15, 0.2) is 6.04 Å². The molecule has 0 bridgehead atoms. The number of nitrogens with two attached hydrogens (primary N) is 1. The Morgan fingerprint density at radius 3 is 1.32 bits per heavy atom. The number of nitrogens with one attached hydrogen (secondary N) is 2. The highest BCUT2D eigenvalue weighted by molar-refractivity contribution is 6.04. The Morgan fingerprint density at radius 1 is 0.840 bits per heavy atom. The van der Waals surface area contributed by atoms with Crippen LogP contribution in [0.5, 0.6) is 0 Å². The van der Waals surface area contributed by atoms with E-state index in [0.717, 1.165) is 0 Å². The summed E-state index contributed by atoms with van der Waals surface area (Å²) in [5.41, 5.74) is 5.28. The first kappa shape index (κ1) is 24.4. The lowest BCUT2D eigenvalue weighted by atomic mass is 10.2. The van der Waals surface area contributed by atoms with Crippen LogP contribution in [0.3, 0.4) is 0 Å². The molecule has 0 aromatic carbocycles. The normalized spacial score (nSPS) is 10.3. The second-order valence-corrected chi connectivity index (χ2v) is 4.15. The predicted octanol–water partition coefficient (Wildman–Crippen LogP) is -1.87. The number of carbonyl (C=O) groups is 5. The summed E-state index contributed by atoms with van der Waals surface area (Å²) in [6, 6.07) is -1.49. The van der Waals surface area contributed by atoms with Crippen molar-refractivity contribution < 1.29 is 52.5 Å². The molecule has 0 aromatic rings. The zero-order valence-electron chi connectivity index (χ0n) is 12.5. The van der Waals surface area contributed by atoms with Gasteiger partial charge in [-0.05, 0) is 0 Å². The van der Waals surface area contributed by atoms with Crippen LogP contribution in [-0.2, 0) is 24.0 Å². The van der Waals surface area contributed by atoms with Crippen LogP contribution in [0.25, 0.3) is 0 Å². The van der Waals surface area contributed by atoms with Crippen LogP contribution in [0.15, 0.2) is 0 Å². The van der Waals surface area contributed by atoms with Crippen LogP contribution in [0.4, 0.5) is 13.2 Å². The number of carbonyl (C=O) groups excluding carboxylic acids is 2. The molecule has 0 spiro atoms. The van der Waals surface area contributed by atoms with Gasteiger partial charge in [0.2, 0.25) is 11.8 Å². The van der Waals surface area contributed by atoms with Gasteiger partial charge in [-0.3, -0.25) is 19.2 Å². The average molecular weight is 375 g/mol. The Labute approximate surface area is 138 Å². The lowest BCUT2D eigenvalue weighted by molar-refractivity contribution is -0.192. The van der Waals surface area contributed by atoms with Gasteiger partial charge in [-0.25, -0.2) is 4.79 Å². The Balaban J connectivity index is 0. The molecule has 0 radical (unpaired) electrons. The molecule has 144 valence electrons. The van der Waals surface area contributed by atoms with E-state index in [4.69, 9.17) is 25.8 Å². The van der Waals surface area contributed by atoms with Crippen LogP contribution in [-0.4, -0.2) is 70.3 Å². The Bertz CT molecular complexity index is 477. The van der Waals surface area contributed by atoms with Crippen LogP contribution >= 0.6 is 0 Å². The molecule has 0 atom stereocenters. The quantitative estimate of drug-likeness (QED) is 0.263. The van der Waals surface area contributed by atoms with Crippen LogP contribution in [0.1, 0.15) is 12.8 Å². The third kappa shape index (κ3) is 14.4. The van der Waals surface area contributed by atoms with Gasteiger partial charge >= 0.3 is 24.1 Å². The molecule has 14 heteroatoms. The fourth-order valence-electron chi connectivity index (χ4n) is 0.924. The number of carboxylic acids is 3. The van der Waals surface area contributed by atoms with Crippen LogP contribution in [0, 0.1) is 0 Å². The van der Waals surface area contributed by atoms with E-state index < -0.39 is 41.9 Å². The van der Waals surface area contributed by atoms with Crippen molar-refractivity contribution in [2.75, 3.05) is 13.1 Å². The summed E-state index contributed by atoms with van der Waals surface area (Å²) in [6.07, 6.45) is -5.64. The zero-order chi connectivity index (χ0) is 20.2. The monoisotopic (exact) mass is 375 g/mol. The molecular formula is C11H16F3N3O8. The van der Waals surface area contributed by atoms with Gasteiger partial charge in [0.1, 0.15) is 0 Å². The van der Waals surface area contributed by atoms with Crippen molar-refractivity contribution in [1.29, 1.82) is 0 Å². The van der Waals surface area contributed by atoms with Gasteiger partial charge < -0.3 is 31.7 Å². The van der Waals surface area contributed by atoms with Crippen molar-refractivity contribution in [2.24, 2.45) is 5.73 Å². The smallest absolute Gasteiger partial charge is 0.481 e. The van der Waals surface area contributed by atoms with Gasteiger partial charge in [0, 0.05) is 13.1 Å². The lowest BCUT2D eigenvalue weighted by Crippen LogP contribution is -2.51. The molecule has 7 N–H and O–H groups in total. The fraction of sp³-hybridized carbons (Fsp3) is 0.545. The Morgan fingerprint density at radius 2 is 1.12 bits per heavy atom. The second-order valence-electron chi connectivity index (χ2n) is 4.15. The van der Waals surface area contributed by atoms with Gasteiger partial charge in [-0.15, -0.1) is 0 Å². The third-order valence-corrected chi connectivity index (χ3v) is 2.08. The number of carboxylic acid groups (broad SMARTS) is 3. The number of hydrogen-bond acceptors (Lipinski definition) is 6. The molecule has 11 nitrogen and oxygen atoms in total. The molecule has 0 aromatic heterocycles. The number of aliphatic carboxylic acids is 3. The molecule has 25 heavy (non-hydrogen) atoms. The maximum absolute atomic E-state index is 11.3. The first-order valence-corrected chi connectivity index (χ1v) is 6.33. The second kappa shape index (κ2) is 11.6. The van der Waals surface area contributed by atoms with Crippen molar-refractivity contribution in [2.45, 2.75) is 25.1 Å². The number of rotatable bonds is 8. The van der Waals surface area contributed by atoms with E-state index in [2.05, 4.69) is 10.6 Å². The summed E-state index contributed by atoms with van der Waals surface area (Å²) in [5.74, 6) is -6.56. The number of hydrogen-bond donors (Lipinski definition) is 6. The third-order valence-electron chi connectivity index (χ3n) is 2.08. The van der Waals surface area contributed by atoms with Crippen LogP contribution in [0.2, 0.25) is 0 Å². The lowest BCUT2D eigenvalue weighted by Gasteiger charge is -2.11. The molecular weight excluding hydrogens is 359 g/mol. The summed E-state index contributed by atoms with van der Waals surface area (Å²) >= 11 is 0. The van der Waals surface area contributed by atoms with Gasteiger partial charge in [-0.1, -0.05) is 0 Å². The van der Waals surface area contributed by atoms with E-state index in [0.29, 0.717) is 0 Å². The molecule has 0 unspecified atom stereocenters. The number of alkyl halides is 3. The minimum absolute atomic E-state index is 0.135. The molecule has 0 fully saturated rings. The Hall–Kier alpha value is -2.90. The molecule has 0 aliphatic heterocycles. The van der Waals surface area contributed by atoms with Gasteiger partial charge in [-0.2, -0.15) is 13.2 Å². The molecule has 0 aliphatic carbocycles. The van der Waals surface area contributed by atoms with E-state index in [9.17, 15) is 32.3 Å². The summed E-state index contributed by atoms with van der Waals surface area (Å²) in [4.78, 5) is 51.8. The molecule has 0 heterocycles. The van der Waals surface area contributed by atoms with Crippen molar-refractivity contribution in [3.8, 4) is 0 Å². The number of halogens is 3. The SMILES string of the molecule is NC(C(=O)NCCC(=O)O)C(=O)NCCC(=O)O.O=C(O)C(F)(F)F. The van der Waals surface area contributed by atoms with Gasteiger partial charge in [0.05, 0.1) is 12.8 Å². The molecule has 2 amide bonds. The summed E-state index contributed by atoms with van der Waals surface area (Å²) in [7, 11) is 0. The van der Waals surface area contributed by atoms with Crippen molar-refractivity contribution in [3.05, 3.63) is 0 Å². The summed E-state index contributed by atoms with van der Waals surface area (Å²) in [5, 5.41) is 28.1. The minimum atomic E-state index is -5.08. The molecule has 0 saturated carbocycles. The molecule has 0 rings (SSSR count). The average Bonchev–Trinajstić information content (AvgIpc) is 2.44. The first-order chi connectivity index (χ1) is 11.3. The predicted molar refractivity (Wildman–Crippen MR) is 72.2 cm³/mol. The summed E-state index contributed by atoms with van der Waals surface area (Å²) < 4.78 is 31.7. The van der Waals surface area contributed by atoms with E-state index in [1.165, 1.54) is 0 Å². The van der Waals surface area contributed by atoms with Crippen molar-refractivity contribution >= 4 is 29.7 Å². The highest BCUT2D eigenvalue weighted by Gasteiger charge is 2.38. The first-order valence-electron chi connectivity index (χ1n) is 6.33. The highest BCUT2D eigenvalue weighted by atomic mass is 19.4.